The number of Topliss-reactive ketones (excluding diaryl/α,β-unsaturated/α-hetero) is 2. The fraction of sp³-hybridized carbons (Fsp3) is 0.125. The molecule has 0 radical (unpaired) electrons. The molecule has 6 nitrogen and oxygen atoms in total. The average Bonchev–Trinajstić information content (AvgIpc) is 3.45. The van der Waals surface area contributed by atoms with Crippen molar-refractivity contribution in [2.75, 3.05) is 10.2 Å². The summed E-state index contributed by atoms with van der Waals surface area (Å²) in [5, 5.41) is 2.98. The van der Waals surface area contributed by atoms with Crippen LogP contribution in [0.3, 0.4) is 0 Å². The minimum absolute atomic E-state index is 0.129. The Morgan fingerprint density at radius 1 is 0.872 bits per heavy atom. The van der Waals surface area contributed by atoms with Crippen LogP contribution in [-0.2, 0) is 10.2 Å². The monoisotopic (exact) mass is 515 g/mol. The van der Waals surface area contributed by atoms with Crippen molar-refractivity contribution in [3.05, 3.63) is 131 Å². The van der Waals surface area contributed by atoms with Crippen LogP contribution in [0.4, 0.5) is 15.8 Å². The predicted octanol–water partition coefficient (Wildman–Crippen LogP) is 5.08. The molecule has 3 aromatic carbocycles. The number of fused-ring (bicyclic) bond motifs is 6. The van der Waals surface area contributed by atoms with Gasteiger partial charge < -0.3 is 10.2 Å². The Bertz CT molecular complexity index is 1700. The summed E-state index contributed by atoms with van der Waals surface area (Å²) in [6, 6.07) is 23.6. The second-order valence-corrected chi connectivity index (χ2v) is 9.98. The number of nitrogens with one attached hydrogen (secondary N) is 1. The fourth-order valence-corrected chi connectivity index (χ4v) is 6.61. The molecule has 0 saturated carbocycles. The van der Waals surface area contributed by atoms with E-state index in [0.29, 0.717) is 16.9 Å². The molecule has 39 heavy (non-hydrogen) atoms. The molecule has 3 aliphatic rings. The highest BCUT2D eigenvalue weighted by Gasteiger charge is 2.70. The summed E-state index contributed by atoms with van der Waals surface area (Å²) >= 11 is 0. The third-order valence-electron chi connectivity index (χ3n) is 8.15. The summed E-state index contributed by atoms with van der Waals surface area (Å²) in [5.41, 5.74) is 1.32. The number of aromatic nitrogens is 1. The lowest BCUT2D eigenvalue weighted by atomic mass is 9.64. The van der Waals surface area contributed by atoms with Gasteiger partial charge in [0.15, 0.2) is 11.6 Å². The minimum Gasteiger partial charge on any atom is -0.352 e. The van der Waals surface area contributed by atoms with Gasteiger partial charge in [0.05, 0.1) is 17.5 Å². The molecular formula is C32H22FN3O3. The number of hydrogen-bond donors (Lipinski definition) is 1. The number of benzene rings is 3. The average molecular weight is 516 g/mol. The second kappa shape index (κ2) is 8.56. The van der Waals surface area contributed by atoms with Gasteiger partial charge in [-0.05, 0) is 47.5 Å². The number of carbonyl (C=O) groups excluding carboxylic acids is 3. The molecule has 3 aliphatic heterocycles. The van der Waals surface area contributed by atoms with Crippen LogP contribution in [0.1, 0.15) is 32.0 Å². The molecule has 4 heterocycles. The lowest BCUT2D eigenvalue weighted by molar-refractivity contribution is -0.121. The third-order valence-corrected chi connectivity index (χ3v) is 8.15. The van der Waals surface area contributed by atoms with Crippen molar-refractivity contribution in [1.29, 1.82) is 0 Å². The van der Waals surface area contributed by atoms with E-state index in [0.717, 1.165) is 5.56 Å². The molecule has 1 amide bonds. The van der Waals surface area contributed by atoms with E-state index in [2.05, 4.69) is 10.3 Å². The van der Waals surface area contributed by atoms with Gasteiger partial charge in [0.2, 0.25) is 5.91 Å². The Morgan fingerprint density at radius 3 is 2.44 bits per heavy atom. The van der Waals surface area contributed by atoms with Gasteiger partial charge in [0.1, 0.15) is 23.0 Å². The maximum atomic E-state index is 15.1. The molecule has 7 heteroatoms. The molecule has 0 bridgehead atoms. The maximum absolute atomic E-state index is 15.1. The summed E-state index contributed by atoms with van der Waals surface area (Å²) in [4.78, 5) is 49.3. The number of rotatable bonds is 4. The van der Waals surface area contributed by atoms with E-state index < -0.39 is 40.8 Å². The molecule has 1 N–H and O–H groups in total. The number of para-hydroxylation sites is 2. The highest BCUT2D eigenvalue weighted by Crippen LogP contribution is 2.58. The van der Waals surface area contributed by atoms with E-state index in [1.807, 2.05) is 59.5 Å². The number of ketones is 2. The standard InChI is InChI=1S/C32H22FN3O3/c33-22-12-4-2-10-20(22)29(37)28-27(30(38)24-14-7-8-18-34-24)32(21-11-3-5-13-23(21)35-31(32)39)26-17-16-19-9-1-6-15-25(19)36(26)28/h1-18,26-28H,(H,35,39)/t26-,27+,28-,32-/m0/s1. The van der Waals surface area contributed by atoms with E-state index >= 15 is 4.39 Å². The molecule has 4 aromatic rings. The molecule has 7 rings (SSSR count). The largest absolute Gasteiger partial charge is 0.352 e. The van der Waals surface area contributed by atoms with Crippen molar-refractivity contribution >= 4 is 34.9 Å². The van der Waals surface area contributed by atoms with Crippen LogP contribution in [0.15, 0.2) is 103 Å². The predicted molar refractivity (Wildman–Crippen MR) is 145 cm³/mol. The summed E-state index contributed by atoms with van der Waals surface area (Å²) in [6.07, 6.45) is 5.32. The van der Waals surface area contributed by atoms with Crippen molar-refractivity contribution in [2.45, 2.75) is 17.5 Å². The summed E-state index contributed by atoms with van der Waals surface area (Å²) in [5.74, 6) is -3.25. The van der Waals surface area contributed by atoms with Gasteiger partial charge in [-0.1, -0.05) is 66.7 Å². The lowest BCUT2D eigenvalue weighted by Crippen LogP contribution is -2.51. The summed E-state index contributed by atoms with van der Waals surface area (Å²) in [7, 11) is 0. The maximum Gasteiger partial charge on any atom is 0.238 e. The number of hydrogen-bond acceptors (Lipinski definition) is 5. The van der Waals surface area contributed by atoms with E-state index in [4.69, 9.17) is 0 Å². The third kappa shape index (κ3) is 3.13. The smallest absolute Gasteiger partial charge is 0.238 e. The minimum atomic E-state index is -1.46. The number of nitrogens with zero attached hydrogens (tertiary/aromatic N) is 2. The molecule has 1 aromatic heterocycles. The Kier molecular flexibility index (Phi) is 5.10. The van der Waals surface area contributed by atoms with Gasteiger partial charge in [-0.25, -0.2) is 4.39 Å². The highest BCUT2D eigenvalue weighted by molar-refractivity contribution is 6.18. The SMILES string of the molecule is O=C(c1ccccc1F)[C@@H]1[C@H](C(=O)c2ccccn2)[C@@]2(C(=O)Nc3ccccc32)[C@@H]2C=Cc3ccccc3N12. The van der Waals surface area contributed by atoms with Crippen LogP contribution in [-0.4, -0.2) is 34.5 Å². The first-order valence-corrected chi connectivity index (χ1v) is 12.7. The molecule has 1 fully saturated rings. The molecule has 1 spiro atoms. The van der Waals surface area contributed by atoms with E-state index in [9.17, 15) is 14.4 Å². The number of carbonyl (C=O) groups is 3. The van der Waals surface area contributed by atoms with Crippen LogP contribution in [0, 0.1) is 11.7 Å². The molecule has 0 aliphatic carbocycles. The lowest BCUT2D eigenvalue weighted by Gasteiger charge is -2.37. The van der Waals surface area contributed by atoms with E-state index in [-0.39, 0.29) is 17.2 Å². The number of pyridine rings is 1. The van der Waals surface area contributed by atoms with Crippen molar-refractivity contribution in [1.82, 2.24) is 4.98 Å². The van der Waals surface area contributed by atoms with Crippen LogP contribution >= 0.6 is 0 Å². The Morgan fingerprint density at radius 2 is 1.62 bits per heavy atom. The van der Waals surface area contributed by atoms with Gasteiger partial charge in [0, 0.05) is 17.6 Å². The van der Waals surface area contributed by atoms with E-state index in [1.165, 1.54) is 24.4 Å². The normalized spacial score (nSPS) is 24.2. The number of anilines is 2. The highest BCUT2D eigenvalue weighted by atomic mass is 19.1. The zero-order valence-electron chi connectivity index (χ0n) is 20.6. The first-order valence-electron chi connectivity index (χ1n) is 12.7. The van der Waals surface area contributed by atoms with Gasteiger partial charge in [-0.15, -0.1) is 0 Å². The Hall–Kier alpha value is -4.91. The van der Waals surface area contributed by atoms with Crippen molar-refractivity contribution < 1.29 is 18.8 Å². The number of amides is 1. The first-order chi connectivity index (χ1) is 19.0. The number of halogens is 1. The Balaban J connectivity index is 1.55. The van der Waals surface area contributed by atoms with Gasteiger partial charge in [0.25, 0.3) is 0 Å². The van der Waals surface area contributed by atoms with Crippen LogP contribution in [0.5, 0.6) is 0 Å². The Labute approximate surface area is 223 Å². The van der Waals surface area contributed by atoms with Crippen molar-refractivity contribution in [3.63, 3.8) is 0 Å². The molecule has 1 saturated heterocycles. The topological polar surface area (TPSA) is 79.4 Å². The fourth-order valence-electron chi connectivity index (χ4n) is 6.61. The second-order valence-electron chi connectivity index (χ2n) is 9.98. The molecular weight excluding hydrogens is 493 g/mol. The molecule has 0 unspecified atom stereocenters. The zero-order valence-corrected chi connectivity index (χ0v) is 20.6. The van der Waals surface area contributed by atoms with Crippen LogP contribution < -0.4 is 10.2 Å². The summed E-state index contributed by atoms with van der Waals surface area (Å²) < 4.78 is 15.1. The van der Waals surface area contributed by atoms with Gasteiger partial charge in [-0.3, -0.25) is 19.4 Å². The molecule has 190 valence electrons. The first kappa shape index (κ1) is 23.2. The van der Waals surface area contributed by atoms with Gasteiger partial charge >= 0.3 is 0 Å². The van der Waals surface area contributed by atoms with Crippen LogP contribution in [0.2, 0.25) is 0 Å². The quantitative estimate of drug-likeness (QED) is 0.384. The molecule has 4 atom stereocenters. The van der Waals surface area contributed by atoms with Crippen molar-refractivity contribution in [2.24, 2.45) is 5.92 Å². The van der Waals surface area contributed by atoms with Gasteiger partial charge in [-0.2, -0.15) is 0 Å². The van der Waals surface area contributed by atoms with Crippen LogP contribution in [0.25, 0.3) is 6.08 Å². The van der Waals surface area contributed by atoms with Crippen molar-refractivity contribution in [3.8, 4) is 0 Å². The summed E-state index contributed by atoms with van der Waals surface area (Å²) in [6.45, 7) is 0. The zero-order chi connectivity index (χ0) is 26.7. The van der Waals surface area contributed by atoms with E-state index in [1.54, 1.807) is 30.3 Å².